The Morgan fingerprint density at radius 2 is 1.88 bits per heavy atom. The molecule has 100 valence electrons. The van der Waals surface area contributed by atoms with Crippen LogP contribution in [-0.4, -0.2) is 59.8 Å². The van der Waals surface area contributed by atoms with E-state index in [-0.39, 0.29) is 24.9 Å². The minimum absolute atomic E-state index is 0.0435. The van der Waals surface area contributed by atoms with Gasteiger partial charge in [0.2, 0.25) is 5.91 Å². The van der Waals surface area contributed by atoms with E-state index in [1.165, 1.54) is 0 Å². The number of carboxylic acid groups (broad SMARTS) is 1. The first-order valence-corrected chi connectivity index (χ1v) is 5.70. The number of carbonyl (C=O) groups is 2. The predicted octanol–water partition coefficient (Wildman–Crippen LogP) is -0.474. The number of aliphatic hydroxyl groups is 1. The second kappa shape index (κ2) is 8.03. The highest BCUT2D eigenvalue weighted by atomic mass is 16.4. The third kappa shape index (κ3) is 6.91. The maximum atomic E-state index is 11.5. The number of carboxylic acids is 1. The van der Waals surface area contributed by atoms with Gasteiger partial charge in [0.1, 0.15) is 6.04 Å². The van der Waals surface area contributed by atoms with Crippen molar-refractivity contribution in [3.05, 3.63) is 0 Å². The number of nitrogens with one attached hydrogen (secondary N) is 1. The molecule has 0 aromatic rings. The van der Waals surface area contributed by atoms with Gasteiger partial charge in [0.15, 0.2) is 0 Å². The minimum Gasteiger partial charge on any atom is -0.480 e. The van der Waals surface area contributed by atoms with E-state index in [1.807, 2.05) is 4.90 Å². The first kappa shape index (κ1) is 15.9. The van der Waals surface area contributed by atoms with Crippen molar-refractivity contribution in [3.8, 4) is 0 Å². The Labute approximate surface area is 102 Å². The predicted molar refractivity (Wildman–Crippen MR) is 63.6 cm³/mol. The van der Waals surface area contributed by atoms with Crippen LogP contribution in [0.4, 0.5) is 0 Å². The summed E-state index contributed by atoms with van der Waals surface area (Å²) in [7, 11) is 1.79. The zero-order chi connectivity index (χ0) is 13.4. The van der Waals surface area contributed by atoms with Crippen molar-refractivity contribution in [2.24, 2.45) is 5.92 Å². The van der Waals surface area contributed by atoms with Crippen molar-refractivity contribution < 1.29 is 19.8 Å². The largest absolute Gasteiger partial charge is 0.480 e. The summed E-state index contributed by atoms with van der Waals surface area (Å²) in [6.07, 6.45) is 0.229. The van der Waals surface area contributed by atoms with Crippen molar-refractivity contribution in [1.82, 2.24) is 10.2 Å². The third-order valence-corrected chi connectivity index (χ3v) is 2.45. The summed E-state index contributed by atoms with van der Waals surface area (Å²) in [4.78, 5) is 24.2. The van der Waals surface area contributed by atoms with Gasteiger partial charge in [0, 0.05) is 19.5 Å². The van der Waals surface area contributed by atoms with E-state index in [0.29, 0.717) is 13.1 Å². The highest BCUT2D eigenvalue weighted by molar-refractivity contribution is 5.83. The summed E-state index contributed by atoms with van der Waals surface area (Å²) in [6.45, 7) is 4.53. The quantitative estimate of drug-likeness (QED) is 0.538. The number of hydrogen-bond acceptors (Lipinski definition) is 4. The van der Waals surface area contributed by atoms with Crippen molar-refractivity contribution in [1.29, 1.82) is 0 Å². The van der Waals surface area contributed by atoms with Gasteiger partial charge in [0.25, 0.3) is 0 Å². The maximum Gasteiger partial charge on any atom is 0.326 e. The molecule has 0 saturated heterocycles. The van der Waals surface area contributed by atoms with Crippen LogP contribution in [-0.2, 0) is 9.59 Å². The van der Waals surface area contributed by atoms with Gasteiger partial charge in [-0.1, -0.05) is 13.8 Å². The molecule has 1 atom stereocenters. The minimum atomic E-state index is -1.02. The average Bonchev–Trinajstić information content (AvgIpc) is 2.22. The fraction of sp³-hybridized carbons (Fsp3) is 0.818. The Balaban J connectivity index is 4.03. The van der Waals surface area contributed by atoms with Crippen LogP contribution < -0.4 is 5.32 Å². The molecule has 1 unspecified atom stereocenters. The first-order chi connectivity index (χ1) is 7.88. The summed E-state index contributed by atoms with van der Waals surface area (Å²) >= 11 is 0. The molecule has 0 bridgehead atoms. The summed E-state index contributed by atoms with van der Waals surface area (Å²) in [6, 6.07) is -0.842. The van der Waals surface area contributed by atoms with Crippen molar-refractivity contribution in [2.45, 2.75) is 26.3 Å². The zero-order valence-corrected chi connectivity index (χ0v) is 10.6. The molecule has 6 heteroatoms. The van der Waals surface area contributed by atoms with Crippen molar-refractivity contribution in [3.63, 3.8) is 0 Å². The Morgan fingerprint density at radius 1 is 1.29 bits per heavy atom. The monoisotopic (exact) mass is 246 g/mol. The van der Waals surface area contributed by atoms with E-state index < -0.39 is 12.0 Å². The van der Waals surface area contributed by atoms with Gasteiger partial charge >= 0.3 is 5.97 Å². The lowest BCUT2D eigenvalue weighted by atomic mass is 10.0. The molecule has 0 fully saturated rings. The number of amides is 1. The highest BCUT2D eigenvalue weighted by Gasteiger charge is 2.23. The van der Waals surface area contributed by atoms with Gasteiger partial charge in [-0.2, -0.15) is 0 Å². The number of likely N-dealkylation sites (N-methyl/N-ethyl adjacent to an activating group) is 1. The Kier molecular flexibility index (Phi) is 7.49. The van der Waals surface area contributed by atoms with Crippen LogP contribution in [0.2, 0.25) is 0 Å². The lowest BCUT2D eigenvalue weighted by molar-refractivity contribution is -0.143. The molecule has 3 N–H and O–H groups in total. The molecule has 0 aromatic carbocycles. The van der Waals surface area contributed by atoms with Gasteiger partial charge in [-0.15, -0.1) is 0 Å². The van der Waals surface area contributed by atoms with E-state index in [0.717, 1.165) is 0 Å². The van der Waals surface area contributed by atoms with Crippen LogP contribution in [0.15, 0.2) is 0 Å². The molecule has 0 heterocycles. The van der Waals surface area contributed by atoms with Gasteiger partial charge in [0.05, 0.1) is 6.61 Å². The molecule has 0 aliphatic rings. The summed E-state index contributed by atoms with van der Waals surface area (Å²) in [5.41, 5.74) is 0. The zero-order valence-electron chi connectivity index (χ0n) is 10.6. The molecular formula is C11H22N2O4. The number of aliphatic carboxylic acids is 1. The van der Waals surface area contributed by atoms with Gasteiger partial charge in [-0.3, -0.25) is 4.79 Å². The molecule has 0 saturated carbocycles. The topological polar surface area (TPSA) is 89.9 Å². The van der Waals surface area contributed by atoms with Crippen molar-refractivity contribution in [2.75, 3.05) is 26.7 Å². The van der Waals surface area contributed by atoms with E-state index in [4.69, 9.17) is 10.2 Å². The van der Waals surface area contributed by atoms with E-state index in [9.17, 15) is 9.59 Å². The molecule has 0 aliphatic carbocycles. The van der Waals surface area contributed by atoms with Crippen LogP contribution in [0.1, 0.15) is 20.3 Å². The Morgan fingerprint density at radius 3 is 2.29 bits per heavy atom. The molecule has 0 spiro atoms. The lowest BCUT2D eigenvalue weighted by Crippen LogP contribution is -2.45. The lowest BCUT2D eigenvalue weighted by Gasteiger charge is -2.19. The molecular weight excluding hydrogens is 224 g/mol. The van der Waals surface area contributed by atoms with E-state index >= 15 is 0 Å². The molecule has 0 aliphatic heterocycles. The highest BCUT2D eigenvalue weighted by Crippen LogP contribution is 2.02. The summed E-state index contributed by atoms with van der Waals surface area (Å²) < 4.78 is 0. The number of rotatable bonds is 8. The normalized spacial score (nSPS) is 12.8. The van der Waals surface area contributed by atoms with E-state index in [1.54, 1.807) is 20.9 Å². The van der Waals surface area contributed by atoms with Gasteiger partial charge in [-0.05, 0) is 13.0 Å². The van der Waals surface area contributed by atoms with Gasteiger partial charge < -0.3 is 20.4 Å². The fourth-order valence-corrected chi connectivity index (χ4v) is 1.33. The Hall–Kier alpha value is -1.14. The van der Waals surface area contributed by atoms with Gasteiger partial charge in [-0.25, -0.2) is 4.79 Å². The molecule has 17 heavy (non-hydrogen) atoms. The standard InChI is InChI=1S/C11H22N2O4/c1-8(2)10(11(16)17)12-9(15)4-5-13(3)6-7-14/h8,10,14H,4-7H2,1-3H3,(H,12,15)(H,16,17). The van der Waals surface area contributed by atoms with Crippen LogP contribution in [0.25, 0.3) is 0 Å². The third-order valence-electron chi connectivity index (χ3n) is 2.45. The molecule has 1 amide bonds. The summed E-state index contributed by atoms with van der Waals surface area (Å²) in [5.74, 6) is -1.44. The number of aliphatic hydroxyl groups excluding tert-OH is 1. The summed E-state index contributed by atoms with van der Waals surface area (Å²) in [5, 5.41) is 20.1. The second-order valence-electron chi connectivity index (χ2n) is 4.40. The van der Waals surface area contributed by atoms with E-state index in [2.05, 4.69) is 5.32 Å². The average molecular weight is 246 g/mol. The van der Waals surface area contributed by atoms with Crippen LogP contribution in [0, 0.1) is 5.92 Å². The second-order valence-corrected chi connectivity index (χ2v) is 4.40. The molecule has 6 nitrogen and oxygen atoms in total. The Bertz CT molecular complexity index is 256. The number of hydrogen-bond donors (Lipinski definition) is 3. The molecule has 0 rings (SSSR count). The maximum absolute atomic E-state index is 11.5. The molecule has 0 radical (unpaired) electrons. The fourth-order valence-electron chi connectivity index (χ4n) is 1.33. The van der Waals surface area contributed by atoms with Crippen LogP contribution >= 0.6 is 0 Å². The first-order valence-electron chi connectivity index (χ1n) is 5.70. The molecule has 0 aromatic heterocycles. The number of carbonyl (C=O) groups excluding carboxylic acids is 1. The number of nitrogens with zero attached hydrogens (tertiary/aromatic N) is 1. The SMILES string of the molecule is CC(C)C(NC(=O)CCN(C)CCO)C(=O)O. The van der Waals surface area contributed by atoms with Crippen molar-refractivity contribution >= 4 is 11.9 Å². The van der Waals surface area contributed by atoms with Crippen LogP contribution in [0.5, 0.6) is 0 Å². The smallest absolute Gasteiger partial charge is 0.326 e. The van der Waals surface area contributed by atoms with Crippen LogP contribution in [0.3, 0.4) is 0 Å².